The number of nitrogens with zero attached hydrogens (tertiary/aromatic N) is 3. The van der Waals surface area contributed by atoms with Gasteiger partial charge in [0, 0.05) is 0 Å². The SMILES string of the molecule is Nc1nc2c(ncn2C2C=CC(CO)O2)c(=O)[nH]1. The van der Waals surface area contributed by atoms with Gasteiger partial charge in [0.05, 0.1) is 12.9 Å². The maximum Gasteiger partial charge on any atom is 0.280 e. The number of imidazole rings is 1. The number of rotatable bonds is 2. The normalized spacial score (nSPS) is 22.9. The number of H-pyrrole nitrogens is 1. The summed E-state index contributed by atoms with van der Waals surface area (Å²) in [7, 11) is 0. The van der Waals surface area contributed by atoms with E-state index in [1.807, 2.05) is 0 Å². The summed E-state index contributed by atoms with van der Waals surface area (Å²) in [5, 5.41) is 8.99. The Morgan fingerprint density at radius 2 is 2.39 bits per heavy atom. The number of hydrogen-bond acceptors (Lipinski definition) is 6. The molecule has 2 aromatic heterocycles. The van der Waals surface area contributed by atoms with Crippen molar-refractivity contribution in [3.05, 3.63) is 28.8 Å². The van der Waals surface area contributed by atoms with Crippen molar-refractivity contribution in [2.24, 2.45) is 0 Å². The maximum absolute atomic E-state index is 11.6. The van der Waals surface area contributed by atoms with E-state index in [-0.39, 0.29) is 24.2 Å². The smallest absolute Gasteiger partial charge is 0.280 e. The molecular weight excluding hydrogens is 238 g/mol. The van der Waals surface area contributed by atoms with Crippen LogP contribution in [0.25, 0.3) is 11.2 Å². The Bertz CT molecular complexity index is 674. The molecule has 0 amide bonds. The van der Waals surface area contributed by atoms with Gasteiger partial charge < -0.3 is 15.6 Å². The van der Waals surface area contributed by atoms with E-state index in [2.05, 4.69) is 15.0 Å². The second-order valence-electron chi connectivity index (χ2n) is 3.91. The monoisotopic (exact) mass is 249 g/mol. The van der Waals surface area contributed by atoms with Gasteiger partial charge in [0.25, 0.3) is 5.56 Å². The van der Waals surface area contributed by atoms with Crippen LogP contribution in [0.4, 0.5) is 5.95 Å². The van der Waals surface area contributed by atoms with Crippen molar-refractivity contribution in [1.29, 1.82) is 0 Å². The molecule has 0 saturated carbocycles. The largest absolute Gasteiger partial charge is 0.393 e. The number of aliphatic hydroxyl groups excluding tert-OH is 1. The number of aromatic amines is 1. The predicted octanol–water partition coefficient (Wildman–Crippen LogP) is -0.852. The number of anilines is 1. The lowest BCUT2D eigenvalue weighted by Crippen LogP contribution is -2.16. The first kappa shape index (κ1) is 10.9. The number of ether oxygens (including phenoxy) is 1. The molecule has 3 heterocycles. The third-order valence-electron chi connectivity index (χ3n) is 2.71. The zero-order valence-corrected chi connectivity index (χ0v) is 9.28. The van der Waals surface area contributed by atoms with Crippen molar-refractivity contribution < 1.29 is 9.84 Å². The summed E-state index contributed by atoms with van der Waals surface area (Å²) in [6, 6.07) is 0. The van der Waals surface area contributed by atoms with Gasteiger partial charge in [-0.15, -0.1) is 0 Å². The van der Waals surface area contributed by atoms with E-state index < -0.39 is 11.8 Å². The van der Waals surface area contributed by atoms with Crippen molar-refractivity contribution in [1.82, 2.24) is 19.5 Å². The highest BCUT2D eigenvalue weighted by Crippen LogP contribution is 2.23. The molecule has 1 aliphatic heterocycles. The maximum atomic E-state index is 11.6. The number of nitrogens with two attached hydrogens (primary N) is 1. The molecule has 0 aliphatic carbocycles. The first-order valence-electron chi connectivity index (χ1n) is 5.36. The van der Waals surface area contributed by atoms with E-state index in [0.29, 0.717) is 5.65 Å². The molecule has 2 atom stereocenters. The van der Waals surface area contributed by atoms with E-state index in [9.17, 15) is 4.79 Å². The zero-order chi connectivity index (χ0) is 12.7. The summed E-state index contributed by atoms with van der Waals surface area (Å²) in [5.74, 6) is 0.0231. The summed E-state index contributed by atoms with van der Waals surface area (Å²) in [5.41, 5.74) is 5.66. The molecule has 3 rings (SSSR count). The highest BCUT2D eigenvalue weighted by Gasteiger charge is 2.22. The molecular formula is C10H11N5O3. The van der Waals surface area contributed by atoms with Crippen LogP contribution >= 0.6 is 0 Å². The highest BCUT2D eigenvalue weighted by molar-refractivity contribution is 5.70. The first-order chi connectivity index (χ1) is 8.69. The predicted molar refractivity (Wildman–Crippen MR) is 62.7 cm³/mol. The zero-order valence-electron chi connectivity index (χ0n) is 9.28. The van der Waals surface area contributed by atoms with Crippen LogP contribution in [0.5, 0.6) is 0 Å². The third-order valence-corrected chi connectivity index (χ3v) is 2.71. The number of nitrogens with one attached hydrogen (secondary N) is 1. The lowest BCUT2D eigenvalue weighted by molar-refractivity contribution is -0.00638. The first-order valence-corrected chi connectivity index (χ1v) is 5.36. The Balaban J connectivity index is 2.09. The van der Waals surface area contributed by atoms with Gasteiger partial charge in [-0.1, -0.05) is 6.08 Å². The number of aromatic nitrogens is 4. The van der Waals surface area contributed by atoms with Crippen LogP contribution in [-0.2, 0) is 4.74 Å². The number of fused-ring (bicyclic) bond motifs is 1. The molecule has 8 nitrogen and oxygen atoms in total. The molecule has 2 unspecified atom stereocenters. The summed E-state index contributed by atoms with van der Waals surface area (Å²) in [6.45, 7) is -0.101. The van der Waals surface area contributed by atoms with Crippen LogP contribution < -0.4 is 11.3 Å². The summed E-state index contributed by atoms with van der Waals surface area (Å²) in [6.07, 6.45) is 4.17. The third kappa shape index (κ3) is 1.59. The summed E-state index contributed by atoms with van der Waals surface area (Å²) >= 11 is 0. The lowest BCUT2D eigenvalue weighted by Gasteiger charge is -2.13. The number of aliphatic hydroxyl groups is 1. The van der Waals surface area contributed by atoms with Crippen molar-refractivity contribution in [2.45, 2.75) is 12.3 Å². The summed E-state index contributed by atoms with van der Waals surface area (Å²) < 4.78 is 7.10. The molecule has 8 heteroatoms. The molecule has 0 radical (unpaired) electrons. The Morgan fingerprint density at radius 3 is 3.11 bits per heavy atom. The Kier molecular flexibility index (Phi) is 2.39. The lowest BCUT2D eigenvalue weighted by atomic mass is 10.4. The van der Waals surface area contributed by atoms with Gasteiger partial charge in [0.1, 0.15) is 6.10 Å². The Labute approximate surface area is 101 Å². The average Bonchev–Trinajstić information content (AvgIpc) is 2.93. The van der Waals surface area contributed by atoms with Crippen molar-refractivity contribution >= 4 is 17.1 Å². The second kappa shape index (κ2) is 3.93. The van der Waals surface area contributed by atoms with E-state index in [4.69, 9.17) is 15.6 Å². The van der Waals surface area contributed by atoms with Crippen molar-refractivity contribution in [3.8, 4) is 0 Å². The van der Waals surface area contributed by atoms with E-state index in [1.54, 1.807) is 16.7 Å². The highest BCUT2D eigenvalue weighted by atomic mass is 16.5. The molecule has 0 bridgehead atoms. The van der Waals surface area contributed by atoms with Crippen LogP contribution in [0.15, 0.2) is 23.3 Å². The fourth-order valence-corrected chi connectivity index (χ4v) is 1.88. The Morgan fingerprint density at radius 1 is 1.56 bits per heavy atom. The topological polar surface area (TPSA) is 119 Å². The molecule has 4 N–H and O–H groups in total. The van der Waals surface area contributed by atoms with Gasteiger partial charge in [0.2, 0.25) is 5.95 Å². The second-order valence-corrected chi connectivity index (χ2v) is 3.91. The van der Waals surface area contributed by atoms with Crippen molar-refractivity contribution in [3.63, 3.8) is 0 Å². The van der Waals surface area contributed by atoms with E-state index >= 15 is 0 Å². The summed E-state index contributed by atoms with van der Waals surface area (Å²) in [4.78, 5) is 22.0. The molecule has 94 valence electrons. The molecule has 2 aromatic rings. The van der Waals surface area contributed by atoms with Gasteiger partial charge in [-0.25, -0.2) is 4.98 Å². The van der Waals surface area contributed by atoms with E-state index in [1.165, 1.54) is 6.33 Å². The van der Waals surface area contributed by atoms with Crippen LogP contribution in [0.1, 0.15) is 6.23 Å². The number of nitrogen functional groups attached to an aromatic ring is 1. The van der Waals surface area contributed by atoms with E-state index in [0.717, 1.165) is 0 Å². The van der Waals surface area contributed by atoms with Crippen molar-refractivity contribution in [2.75, 3.05) is 12.3 Å². The standard InChI is InChI=1S/C10H11N5O3/c11-10-13-8-7(9(17)14-10)12-4-15(8)6-2-1-5(3-16)18-6/h1-2,4-6,16H,3H2,(H3,11,13,14,17). The van der Waals surface area contributed by atoms with Crippen LogP contribution in [0, 0.1) is 0 Å². The van der Waals surface area contributed by atoms with Crippen LogP contribution in [0.3, 0.4) is 0 Å². The van der Waals surface area contributed by atoms with Gasteiger partial charge >= 0.3 is 0 Å². The molecule has 0 fully saturated rings. The molecule has 0 aromatic carbocycles. The quantitative estimate of drug-likeness (QED) is 0.596. The Hall–Kier alpha value is -2.19. The molecule has 0 spiro atoms. The van der Waals surface area contributed by atoms with Gasteiger partial charge in [-0.2, -0.15) is 4.98 Å². The average molecular weight is 249 g/mol. The minimum absolute atomic E-state index is 0.0231. The minimum Gasteiger partial charge on any atom is -0.393 e. The molecule has 18 heavy (non-hydrogen) atoms. The minimum atomic E-state index is -0.444. The molecule has 0 saturated heterocycles. The molecule has 1 aliphatic rings. The van der Waals surface area contributed by atoms with Gasteiger partial charge in [-0.3, -0.25) is 14.3 Å². The van der Waals surface area contributed by atoms with Crippen LogP contribution in [-0.4, -0.2) is 37.3 Å². The number of hydrogen-bond donors (Lipinski definition) is 3. The van der Waals surface area contributed by atoms with Gasteiger partial charge in [0.15, 0.2) is 17.4 Å². The fourth-order valence-electron chi connectivity index (χ4n) is 1.88. The van der Waals surface area contributed by atoms with Crippen LogP contribution in [0.2, 0.25) is 0 Å². The fraction of sp³-hybridized carbons (Fsp3) is 0.300. The van der Waals surface area contributed by atoms with Gasteiger partial charge in [-0.05, 0) is 6.08 Å².